The first-order valence-electron chi connectivity index (χ1n) is 18.3. The van der Waals surface area contributed by atoms with Crippen LogP contribution in [0.5, 0.6) is 0 Å². The molecule has 1 amide bonds. The molecule has 2 aromatic heterocycles. The van der Waals surface area contributed by atoms with Gasteiger partial charge in [0, 0.05) is 75.2 Å². The maximum absolute atomic E-state index is 12.3. The van der Waals surface area contributed by atoms with E-state index in [9.17, 15) is 14.7 Å². The summed E-state index contributed by atoms with van der Waals surface area (Å²) >= 11 is 0. The fraction of sp³-hybridized carbons (Fsp3) is 0.579. The molecule has 2 fully saturated rings. The Kier molecular flexibility index (Phi) is 11.5. The van der Waals surface area contributed by atoms with Gasteiger partial charge in [-0.15, -0.1) is 0 Å². The molecule has 0 saturated carbocycles. The molecule has 0 unspecified atom stereocenters. The van der Waals surface area contributed by atoms with Gasteiger partial charge in [0.15, 0.2) is 0 Å². The Balaban J connectivity index is 1.14. The summed E-state index contributed by atoms with van der Waals surface area (Å²) in [5.74, 6) is 0.516. The van der Waals surface area contributed by atoms with E-state index in [0.29, 0.717) is 12.3 Å². The lowest BCUT2D eigenvalue weighted by Gasteiger charge is -2.37. The smallest absolute Gasteiger partial charge is 0.304 e. The molecule has 4 N–H and O–H groups in total. The molecule has 2 atom stereocenters. The van der Waals surface area contributed by atoms with E-state index in [0.717, 1.165) is 137 Å². The Morgan fingerprint density at radius 3 is 2.59 bits per heavy atom. The van der Waals surface area contributed by atoms with Crippen LogP contribution in [0.25, 0.3) is 5.69 Å². The van der Waals surface area contributed by atoms with Crippen LogP contribution in [-0.4, -0.2) is 100 Å². The van der Waals surface area contributed by atoms with Gasteiger partial charge in [-0.1, -0.05) is 6.07 Å². The van der Waals surface area contributed by atoms with Gasteiger partial charge in [-0.25, -0.2) is 9.67 Å². The van der Waals surface area contributed by atoms with Crippen molar-refractivity contribution in [3.05, 3.63) is 64.6 Å². The van der Waals surface area contributed by atoms with Crippen LogP contribution in [0, 0.1) is 19.8 Å². The number of piperazine rings is 1. The predicted molar refractivity (Wildman–Crippen MR) is 194 cm³/mol. The summed E-state index contributed by atoms with van der Waals surface area (Å²) in [6.45, 7) is 12.4. The monoisotopic (exact) mass is 670 g/mol. The van der Waals surface area contributed by atoms with E-state index in [4.69, 9.17) is 15.8 Å². The van der Waals surface area contributed by atoms with Crippen molar-refractivity contribution in [2.45, 2.75) is 77.6 Å². The SMILES string of the molecule is Cc1cc(C)n(-c2cc([C@H](CC(=O)O)CN3CC[C@@H](CCc4ccc5c(n4)NCCC5)C3)cc(N3CCN(CCCCC(N)=O)CC3)c2)n1. The van der Waals surface area contributed by atoms with Crippen molar-refractivity contribution in [2.24, 2.45) is 11.7 Å². The zero-order valence-electron chi connectivity index (χ0n) is 29.4. The predicted octanol–water partition coefficient (Wildman–Crippen LogP) is 4.53. The van der Waals surface area contributed by atoms with Crippen LogP contribution in [0.2, 0.25) is 0 Å². The van der Waals surface area contributed by atoms with E-state index >= 15 is 0 Å². The van der Waals surface area contributed by atoms with Gasteiger partial charge in [0.2, 0.25) is 5.91 Å². The molecule has 3 aromatic rings. The standard InChI is InChI=1S/C38H54N8O3/c1-27-20-28(2)46(42-27)35-22-31(21-34(24-35)45-18-16-43(17-19-45)14-4-3-7-36(39)47)32(23-37(48)49)26-44-15-12-29(25-44)8-10-33-11-9-30-6-5-13-40-38(30)41-33/h9,11,20-22,24,29,32H,3-8,10,12-19,23,25-26H2,1-2H3,(H2,39,47)(H,40,41)(H,48,49)/t29-,32-/m1/s1. The number of pyridine rings is 1. The van der Waals surface area contributed by atoms with E-state index in [1.807, 2.05) is 11.6 Å². The van der Waals surface area contributed by atoms with Gasteiger partial charge in [-0.2, -0.15) is 5.10 Å². The number of aliphatic carboxylic acids is 1. The minimum Gasteiger partial charge on any atom is -0.481 e. The van der Waals surface area contributed by atoms with Crippen LogP contribution in [-0.2, 0) is 22.4 Å². The zero-order chi connectivity index (χ0) is 34.3. The van der Waals surface area contributed by atoms with Crippen molar-refractivity contribution >= 4 is 23.4 Å². The summed E-state index contributed by atoms with van der Waals surface area (Å²) in [5.41, 5.74) is 13.0. The lowest BCUT2D eigenvalue weighted by atomic mass is 9.93. The number of likely N-dealkylation sites (tertiary alicyclic amines) is 1. The van der Waals surface area contributed by atoms with Crippen LogP contribution in [0.1, 0.15) is 79.1 Å². The number of carboxylic acid groups (broad SMARTS) is 1. The molecule has 2 saturated heterocycles. The summed E-state index contributed by atoms with van der Waals surface area (Å²) in [5, 5.41) is 18.3. The summed E-state index contributed by atoms with van der Waals surface area (Å²) in [4.78, 5) is 35.7. The van der Waals surface area contributed by atoms with Gasteiger partial charge in [-0.05, 0) is 119 Å². The van der Waals surface area contributed by atoms with Crippen LogP contribution in [0.4, 0.5) is 11.5 Å². The third-order valence-electron chi connectivity index (χ3n) is 10.6. The average molecular weight is 671 g/mol. The van der Waals surface area contributed by atoms with Gasteiger partial charge in [0.05, 0.1) is 17.8 Å². The first-order chi connectivity index (χ1) is 23.7. The highest BCUT2D eigenvalue weighted by Gasteiger charge is 2.28. The number of nitrogens with zero attached hydrogens (tertiary/aromatic N) is 6. The summed E-state index contributed by atoms with van der Waals surface area (Å²) in [6.07, 6.45) is 7.81. The Bertz CT molecular complexity index is 1600. The molecule has 264 valence electrons. The topological polar surface area (TPSA) is 133 Å². The fourth-order valence-corrected chi connectivity index (χ4v) is 7.90. The van der Waals surface area contributed by atoms with Crippen LogP contribution in [0.15, 0.2) is 36.4 Å². The van der Waals surface area contributed by atoms with Crippen molar-refractivity contribution in [3.63, 3.8) is 0 Å². The van der Waals surface area contributed by atoms with E-state index in [1.165, 1.54) is 12.0 Å². The average Bonchev–Trinajstić information content (AvgIpc) is 3.69. The number of nitrogens with two attached hydrogens (primary N) is 1. The molecule has 49 heavy (non-hydrogen) atoms. The Morgan fingerprint density at radius 2 is 1.84 bits per heavy atom. The molecule has 1 aromatic carbocycles. The molecule has 0 radical (unpaired) electrons. The maximum atomic E-state index is 12.3. The van der Waals surface area contributed by atoms with Gasteiger partial charge in [0.25, 0.3) is 0 Å². The minimum absolute atomic E-state index is 0.0896. The minimum atomic E-state index is -0.768. The Labute approximate surface area is 290 Å². The van der Waals surface area contributed by atoms with Gasteiger partial charge < -0.3 is 26.0 Å². The third-order valence-corrected chi connectivity index (χ3v) is 10.6. The second-order valence-corrected chi connectivity index (χ2v) is 14.5. The highest BCUT2D eigenvalue weighted by Crippen LogP contribution is 2.32. The number of aromatic nitrogens is 3. The van der Waals surface area contributed by atoms with Gasteiger partial charge in [0.1, 0.15) is 5.82 Å². The summed E-state index contributed by atoms with van der Waals surface area (Å²) in [7, 11) is 0. The third kappa shape index (κ3) is 9.39. The number of amides is 1. The number of carboxylic acids is 1. The number of hydrogen-bond acceptors (Lipinski definition) is 8. The Hall–Kier alpha value is -3.96. The van der Waals surface area contributed by atoms with Crippen molar-refractivity contribution < 1.29 is 14.7 Å². The number of carbonyl (C=O) groups excluding carboxylic acids is 1. The second-order valence-electron chi connectivity index (χ2n) is 14.5. The van der Waals surface area contributed by atoms with E-state index in [1.54, 1.807) is 0 Å². The number of anilines is 2. The number of hydrogen-bond donors (Lipinski definition) is 3. The number of unbranched alkanes of at least 4 members (excludes halogenated alkanes) is 1. The number of primary amides is 1. The number of benzene rings is 1. The lowest BCUT2D eigenvalue weighted by molar-refractivity contribution is -0.137. The van der Waals surface area contributed by atoms with Crippen LogP contribution < -0.4 is 16.0 Å². The fourth-order valence-electron chi connectivity index (χ4n) is 7.90. The van der Waals surface area contributed by atoms with Gasteiger partial charge in [-0.3, -0.25) is 14.5 Å². The molecule has 0 bridgehead atoms. The van der Waals surface area contributed by atoms with Crippen molar-refractivity contribution in [1.82, 2.24) is 24.6 Å². The van der Waals surface area contributed by atoms with Crippen molar-refractivity contribution in [2.75, 3.05) is 69.1 Å². The summed E-state index contributed by atoms with van der Waals surface area (Å²) < 4.78 is 1.99. The quantitative estimate of drug-likeness (QED) is 0.200. The Morgan fingerprint density at radius 1 is 1.02 bits per heavy atom. The molecule has 3 aliphatic rings. The van der Waals surface area contributed by atoms with Crippen molar-refractivity contribution in [3.8, 4) is 5.69 Å². The molecule has 11 heteroatoms. The lowest BCUT2D eigenvalue weighted by Crippen LogP contribution is -2.46. The number of nitrogens with one attached hydrogen (secondary N) is 1. The number of carbonyl (C=O) groups is 2. The highest BCUT2D eigenvalue weighted by atomic mass is 16.4. The van der Waals surface area contributed by atoms with Gasteiger partial charge >= 0.3 is 5.97 Å². The molecule has 0 aliphatic carbocycles. The summed E-state index contributed by atoms with van der Waals surface area (Å²) in [6, 6.07) is 13.1. The molecule has 11 nitrogen and oxygen atoms in total. The molecule has 3 aliphatic heterocycles. The van der Waals surface area contributed by atoms with E-state index in [2.05, 4.69) is 63.3 Å². The first-order valence-corrected chi connectivity index (χ1v) is 18.3. The normalized spacial score (nSPS) is 19.1. The largest absolute Gasteiger partial charge is 0.481 e. The molecule has 5 heterocycles. The molecular formula is C38H54N8O3. The maximum Gasteiger partial charge on any atom is 0.304 e. The van der Waals surface area contributed by atoms with E-state index in [-0.39, 0.29) is 18.2 Å². The first kappa shape index (κ1) is 34.9. The van der Waals surface area contributed by atoms with E-state index < -0.39 is 5.97 Å². The number of aryl methyl sites for hydroxylation is 4. The second kappa shape index (κ2) is 16.2. The van der Waals surface area contributed by atoms with Crippen LogP contribution >= 0.6 is 0 Å². The molecule has 6 rings (SSSR count). The number of fused-ring (bicyclic) bond motifs is 1. The van der Waals surface area contributed by atoms with Crippen LogP contribution in [0.3, 0.4) is 0 Å². The number of rotatable bonds is 15. The molecular weight excluding hydrogens is 616 g/mol. The van der Waals surface area contributed by atoms with Crippen molar-refractivity contribution in [1.29, 1.82) is 0 Å². The zero-order valence-corrected chi connectivity index (χ0v) is 29.4. The highest BCUT2D eigenvalue weighted by molar-refractivity contribution is 5.73. The molecule has 0 spiro atoms.